The van der Waals surface area contributed by atoms with Crippen LogP contribution in [0.25, 0.3) is 0 Å². The van der Waals surface area contributed by atoms with Crippen LogP contribution in [0, 0.1) is 0 Å². The van der Waals surface area contributed by atoms with Crippen molar-refractivity contribution in [1.29, 1.82) is 0 Å². The number of ether oxygens (including phenoxy) is 1. The van der Waals surface area contributed by atoms with Gasteiger partial charge in [-0.2, -0.15) is 0 Å². The highest BCUT2D eigenvalue weighted by atomic mass is 16.5. The lowest BCUT2D eigenvalue weighted by Crippen LogP contribution is -2.42. The molecular weight excluding hydrogens is 198 g/mol. The Labute approximate surface area is 101 Å². The molecule has 1 rings (SSSR count). The molecule has 0 bridgehead atoms. The van der Waals surface area contributed by atoms with Gasteiger partial charge in [0.05, 0.1) is 11.7 Å². The van der Waals surface area contributed by atoms with Crippen LogP contribution in [0.1, 0.15) is 65.7 Å². The van der Waals surface area contributed by atoms with Crippen LogP contribution in [0.2, 0.25) is 0 Å². The van der Waals surface area contributed by atoms with E-state index < -0.39 is 0 Å². The van der Waals surface area contributed by atoms with Crippen LogP contribution in [0.5, 0.6) is 0 Å². The summed E-state index contributed by atoms with van der Waals surface area (Å²) in [5, 5.41) is 3.42. The summed E-state index contributed by atoms with van der Waals surface area (Å²) in [6, 6.07) is 0. The molecule has 1 unspecified atom stereocenters. The molecule has 1 aliphatic rings. The van der Waals surface area contributed by atoms with Gasteiger partial charge in [-0.05, 0) is 32.7 Å². The van der Waals surface area contributed by atoms with Crippen molar-refractivity contribution in [1.82, 2.24) is 5.32 Å². The molecule has 1 fully saturated rings. The third-order valence-electron chi connectivity index (χ3n) is 3.75. The molecule has 16 heavy (non-hydrogen) atoms. The zero-order valence-electron chi connectivity index (χ0n) is 11.3. The molecule has 1 saturated carbocycles. The molecule has 1 atom stereocenters. The summed E-state index contributed by atoms with van der Waals surface area (Å²) in [6.45, 7) is 8.65. The Kier molecular flexibility index (Phi) is 6.37. The third-order valence-corrected chi connectivity index (χ3v) is 3.75. The largest absolute Gasteiger partial charge is 0.371 e. The summed E-state index contributed by atoms with van der Waals surface area (Å²) >= 11 is 0. The molecule has 0 spiro atoms. The Morgan fingerprint density at radius 1 is 1.12 bits per heavy atom. The molecule has 2 heteroatoms. The molecule has 1 N–H and O–H groups in total. The average molecular weight is 227 g/mol. The standard InChI is InChI=1S/C14H29NO/c1-4-14(3,12-15-5-2)16-13-10-8-6-7-9-11-13/h13,15H,4-12H2,1-3H3. The van der Waals surface area contributed by atoms with Crippen molar-refractivity contribution in [2.45, 2.75) is 77.4 Å². The molecule has 0 amide bonds. The van der Waals surface area contributed by atoms with E-state index in [0.717, 1.165) is 19.5 Å². The van der Waals surface area contributed by atoms with E-state index in [1.54, 1.807) is 0 Å². The van der Waals surface area contributed by atoms with Crippen LogP contribution in [-0.2, 0) is 4.74 Å². The minimum absolute atomic E-state index is 0.0328. The van der Waals surface area contributed by atoms with E-state index in [4.69, 9.17) is 4.74 Å². The van der Waals surface area contributed by atoms with Crippen LogP contribution in [0.15, 0.2) is 0 Å². The monoisotopic (exact) mass is 227 g/mol. The summed E-state index contributed by atoms with van der Waals surface area (Å²) in [5.74, 6) is 0. The summed E-state index contributed by atoms with van der Waals surface area (Å²) < 4.78 is 6.35. The van der Waals surface area contributed by atoms with Crippen LogP contribution < -0.4 is 5.32 Å². The van der Waals surface area contributed by atoms with Gasteiger partial charge in [0.15, 0.2) is 0 Å². The van der Waals surface area contributed by atoms with Gasteiger partial charge >= 0.3 is 0 Å². The van der Waals surface area contributed by atoms with Gasteiger partial charge in [0.1, 0.15) is 0 Å². The maximum Gasteiger partial charge on any atom is 0.0779 e. The Balaban J connectivity index is 2.40. The number of hydrogen-bond donors (Lipinski definition) is 1. The van der Waals surface area contributed by atoms with Crippen LogP contribution in [0.3, 0.4) is 0 Å². The molecule has 0 heterocycles. The fourth-order valence-corrected chi connectivity index (χ4v) is 2.40. The molecule has 0 aromatic rings. The Hall–Kier alpha value is -0.0800. The Bertz CT molecular complexity index is 176. The molecular formula is C14H29NO. The van der Waals surface area contributed by atoms with E-state index in [1.165, 1.54) is 38.5 Å². The predicted molar refractivity (Wildman–Crippen MR) is 69.8 cm³/mol. The van der Waals surface area contributed by atoms with Crippen molar-refractivity contribution in [3.63, 3.8) is 0 Å². The van der Waals surface area contributed by atoms with Crippen molar-refractivity contribution in [3.8, 4) is 0 Å². The lowest BCUT2D eigenvalue weighted by molar-refractivity contribution is -0.0880. The second kappa shape index (κ2) is 7.29. The number of rotatable bonds is 6. The lowest BCUT2D eigenvalue weighted by atomic mass is 10.0. The minimum atomic E-state index is 0.0328. The second-order valence-electron chi connectivity index (χ2n) is 5.32. The highest BCUT2D eigenvalue weighted by molar-refractivity contribution is 4.79. The molecule has 1 aliphatic carbocycles. The fourth-order valence-electron chi connectivity index (χ4n) is 2.40. The number of likely N-dealkylation sites (N-methyl/N-ethyl adjacent to an activating group) is 1. The van der Waals surface area contributed by atoms with E-state index >= 15 is 0 Å². The molecule has 0 aliphatic heterocycles. The van der Waals surface area contributed by atoms with E-state index in [9.17, 15) is 0 Å². The van der Waals surface area contributed by atoms with Gasteiger partial charge < -0.3 is 10.1 Å². The number of hydrogen-bond acceptors (Lipinski definition) is 2. The average Bonchev–Trinajstić information content (AvgIpc) is 2.55. The summed E-state index contributed by atoms with van der Waals surface area (Å²) in [7, 11) is 0. The van der Waals surface area contributed by atoms with Crippen molar-refractivity contribution in [2.75, 3.05) is 13.1 Å². The molecule has 0 aromatic heterocycles. The van der Waals surface area contributed by atoms with E-state index in [2.05, 4.69) is 26.1 Å². The topological polar surface area (TPSA) is 21.3 Å². The predicted octanol–water partition coefficient (Wildman–Crippen LogP) is 3.50. The van der Waals surface area contributed by atoms with Crippen LogP contribution >= 0.6 is 0 Å². The summed E-state index contributed by atoms with van der Waals surface area (Å²) in [4.78, 5) is 0. The van der Waals surface area contributed by atoms with Crippen molar-refractivity contribution < 1.29 is 4.74 Å². The molecule has 96 valence electrons. The van der Waals surface area contributed by atoms with Gasteiger partial charge in [-0.3, -0.25) is 0 Å². The maximum absolute atomic E-state index is 6.35. The van der Waals surface area contributed by atoms with E-state index in [-0.39, 0.29) is 5.60 Å². The quantitative estimate of drug-likeness (QED) is 0.701. The van der Waals surface area contributed by atoms with Crippen LogP contribution in [0.4, 0.5) is 0 Å². The fraction of sp³-hybridized carbons (Fsp3) is 1.00. The summed E-state index contributed by atoms with van der Waals surface area (Å²) in [5.41, 5.74) is 0.0328. The maximum atomic E-state index is 6.35. The first-order valence-corrected chi connectivity index (χ1v) is 7.08. The highest BCUT2D eigenvalue weighted by Gasteiger charge is 2.26. The SMILES string of the molecule is CCNCC(C)(CC)OC1CCCCCC1. The molecule has 0 aromatic carbocycles. The third kappa shape index (κ3) is 4.84. The van der Waals surface area contributed by atoms with Gasteiger partial charge in [0, 0.05) is 6.54 Å². The van der Waals surface area contributed by atoms with E-state index in [1.807, 2.05) is 0 Å². The first kappa shape index (κ1) is 14.0. The molecule has 0 radical (unpaired) electrons. The van der Waals surface area contributed by atoms with Gasteiger partial charge in [-0.15, -0.1) is 0 Å². The van der Waals surface area contributed by atoms with Crippen molar-refractivity contribution >= 4 is 0 Å². The van der Waals surface area contributed by atoms with Crippen molar-refractivity contribution in [2.24, 2.45) is 0 Å². The van der Waals surface area contributed by atoms with Gasteiger partial charge in [0.25, 0.3) is 0 Å². The second-order valence-corrected chi connectivity index (χ2v) is 5.32. The summed E-state index contributed by atoms with van der Waals surface area (Å²) in [6.07, 6.45) is 9.63. The van der Waals surface area contributed by atoms with E-state index in [0.29, 0.717) is 6.10 Å². The van der Waals surface area contributed by atoms with Gasteiger partial charge in [-0.25, -0.2) is 0 Å². The molecule has 0 saturated heterocycles. The smallest absolute Gasteiger partial charge is 0.0779 e. The normalized spacial score (nSPS) is 22.7. The lowest BCUT2D eigenvalue weighted by Gasteiger charge is -2.33. The molecule has 2 nitrogen and oxygen atoms in total. The Morgan fingerprint density at radius 3 is 2.25 bits per heavy atom. The van der Waals surface area contributed by atoms with Gasteiger partial charge in [0.2, 0.25) is 0 Å². The van der Waals surface area contributed by atoms with Gasteiger partial charge in [-0.1, -0.05) is 39.5 Å². The Morgan fingerprint density at radius 2 is 1.75 bits per heavy atom. The van der Waals surface area contributed by atoms with Crippen LogP contribution in [-0.4, -0.2) is 24.8 Å². The number of nitrogens with one attached hydrogen (secondary N) is 1. The van der Waals surface area contributed by atoms with Crippen molar-refractivity contribution in [3.05, 3.63) is 0 Å². The first-order chi connectivity index (χ1) is 7.70. The zero-order valence-corrected chi connectivity index (χ0v) is 11.3. The highest BCUT2D eigenvalue weighted by Crippen LogP contribution is 2.25. The first-order valence-electron chi connectivity index (χ1n) is 7.08. The minimum Gasteiger partial charge on any atom is -0.371 e. The zero-order chi connectivity index (χ0) is 11.9.